The predicted octanol–water partition coefficient (Wildman–Crippen LogP) is 2.83. The molecule has 2 rings (SSSR count). The second-order valence-electron chi connectivity index (χ2n) is 6.77. The lowest BCUT2D eigenvalue weighted by atomic mass is 9.86. The molecule has 1 atom stereocenters. The van der Waals surface area contributed by atoms with Crippen molar-refractivity contribution in [2.75, 3.05) is 19.7 Å². The highest BCUT2D eigenvalue weighted by Gasteiger charge is 2.24. The van der Waals surface area contributed by atoms with Gasteiger partial charge in [-0.25, -0.2) is 0 Å². The summed E-state index contributed by atoms with van der Waals surface area (Å²) in [7, 11) is 0. The van der Waals surface area contributed by atoms with Crippen LogP contribution >= 0.6 is 0 Å². The van der Waals surface area contributed by atoms with Crippen molar-refractivity contribution in [3.05, 3.63) is 35.4 Å². The van der Waals surface area contributed by atoms with Crippen LogP contribution in [-0.2, 0) is 5.41 Å². The van der Waals surface area contributed by atoms with Gasteiger partial charge >= 0.3 is 0 Å². The number of likely N-dealkylation sites (tertiary alicyclic amines) is 1. The van der Waals surface area contributed by atoms with Gasteiger partial charge in [-0.15, -0.1) is 0 Å². The van der Waals surface area contributed by atoms with Gasteiger partial charge in [-0.2, -0.15) is 0 Å². The van der Waals surface area contributed by atoms with E-state index >= 15 is 0 Å². The van der Waals surface area contributed by atoms with Crippen LogP contribution in [0.2, 0.25) is 0 Å². The van der Waals surface area contributed by atoms with E-state index in [1.807, 2.05) is 29.2 Å². The number of nitrogens with zero attached hydrogens (tertiary/aromatic N) is 1. The summed E-state index contributed by atoms with van der Waals surface area (Å²) < 4.78 is 0. The zero-order chi connectivity index (χ0) is 14.8. The van der Waals surface area contributed by atoms with Crippen LogP contribution in [0.3, 0.4) is 0 Å². The van der Waals surface area contributed by atoms with E-state index in [-0.39, 0.29) is 23.8 Å². The monoisotopic (exact) mass is 275 g/mol. The van der Waals surface area contributed by atoms with Gasteiger partial charge in [0.05, 0.1) is 0 Å². The lowest BCUT2D eigenvalue weighted by Gasteiger charge is -2.32. The maximum absolute atomic E-state index is 12.5. The third-order valence-corrected chi connectivity index (χ3v) is 4.06. The van der Waals surface area contributed by atoms with Crippen LogP contribution < -0.4 is 0 Å². The van der Waals surface area contributed by atoms with Crippen LogP contribution in [0.25, 0.3) is 0 Å². The van der Waals surface area contributed by atoms with E-state index in [0.717, 1.165) is 24.9 Å². The van der Waals surface area contributed by atoms with Crippen molar-refractivity contribution in [3.63, 3.8) is 0 Å². The largest absolute Gasteiger partial charge is 0.396 e. The Morgan fingerprint density at radius 2 is 1.95 bits per heavy atom. The van der Waals surface area contributed by atoms with Gasteiger partial charge in [-0.05, 0) is 41.9 Å². The maximum Gasteiger partial charge on any atom is 0.253 e. The van der Waals surface area contributed by atoms with E-state index in [9.17, 15) is 9.90 Å². The Hall–Kier alpha value is -1.35. The quantitative estimate of drug-likeness (QED) is 0.901. The Morgan fingerprint density at radius 1 is 1.30 bits per heavy atom. The Kier molecular flexibility index (Phi) is 4.48. The molecule has 3 nitrogen and oxygen atoms in total. The van der Waals surface area contributed by atoms with Gasteiger partial charge in [0.25, 0.3) is 5.91 Å². The van der Waals surface area contributed by atoms with Gasteiger partial charge in [-0.3, -0.25) is 4.79 Å². The first kappa shape index (κ1) is 15.0. The first-order valence-electron chi connectivity index (χ1n) is 7.42. The standard InChI is InChI=1S/C17H25NO2/c1-17(2,3)15-8-6-14(7-9-15)16(20)18-10-4-5-13(11-18)12-19/h6-9,13,19H,4-5,10-12H2,1-3H3. The number of carbonyl (C=O) groups excluding carboxylic acids is 1. The molecule has 0 aromatic heterocycles. The summed E-state index contributed by atoms with van der Waals surface area (Å²) in [4.78, 5) is 14.3. The Bertz CT molecular complexity index is 459. The number of aliphatic hydroxyl groups excluding tert-OH is 1. The number of rotatable bonds is 2. The van der Waals surface area contributed by atoms with Crippen molar-refractivity contribution in [1.82, 2.24) is 4.90 Å². The Morgan fingerprint density at radius 3 is 2.50 bits per heavy atom. The molecule has 1 aliphatic rings. The lowest BCUT2D eigenvalue weighted by Crippen LogP contribution is -2.40. The third-order valence-electron chi connectivity index (χ3n) is 4.06. The van der Waals surface area contributed by atoms with Gasteiger partial charge in [0.2, 0.25) is 0 Å². The second-order valence-corrected chi connectivity index (χ2v) is 6.77. The predicted molar refractivity (Wildman–Crippen MR) is 80.9 cm³/mol. The molecule has 0 aliphatic carbocycles. The fourth-order valence-corrected chi connectivity index (χ4v) is 2.69. The summed E-state index contributed by atoms with van der Waals surface area (Å²) in [5, 5.41) is 9.25. The molecule has 1 aromatic rings. The molecule has 0 bridgehead atoms. The van der Waals surface area contributed by atoms with E-state index in [1.165, 1.54) is 5.56 Å². The molecule has 1 unspecified atom stereocenters. The zero-order valence-electron chi connectivity index (χ0n) is 12.7. The van der Waals surface area contributed by atoms with E-state index in [4.69, 9.17) is 0 Å². The van der Waals surface area contributed by atoms with E-state index in [0.29, 0.717) is 6.54 Å². The molecule has 110 valence electrons. The van der Waals surface area contributed by atoms with Crippen LogP contribution in [0.5, 0.6) is 0 Å². The van der Waals surface area contributed by atoms with Gasteiger partial charge in [0.15, 0.2) is 0 Å². The van der Waals surface area contributed by atoms with Crippen molar-refractivity contribution in [1.29, 1.82) is 0 Å². The summed E-state index contributed by atoms with van der Waals surface area (Å²) in [6.45, 7) is 8.15. The van der Waals surface area contributed by atoms with Gasteiger partial charge in [0, 0.05) is 25.3 Å². The Balaban J connectivity index is 2.09. The normalized spacial score (nSPS) is 20.0. The average molecular weight is 275 g/mol. The van der Waals surface area contributed by atoms with Crippen LogP contribution in [0, 0.1) is 5.92 Å². The average Bonchev–Trinajstić information content (AvgIpc) is 2.46. The number of aliphatic hydroxyl groups is 1. The summed E-state index contributed by atoms with van der Waals surface area (Å²) in [6.07, 6.45) is 2.00. The lowest BCUT2D eigenvalue weighted by molar-refractivity contribution is 0.0620. The molecule has 3 heteroatoms. The zero-order valence-corrected chi connectivity index (χ0v) is 12.7. The molecule has 0 saturated carbocycles. The van der Waals surface area contributed by atoms with E-state index in [1.54, 1.807) is 0 Å². The molecular formula is C17H25NO2. The van der Waals surface area contributed by atoms with Crippen LogP contribution in [0.15, 0.2) is 24.3 Å². The number of carbonyl (C=O) groups is 1. The summed E-state index contributed by atoms with van der Waals surface area (Å²) in [5.74, 6) is 0.324. The number of hydrogen-bond donors (Lipinski definition) is 1. The highest BCUT2D eigenvalue weighted by molar-refractivity contribution is 5.94. The molecular weight excluding hydrogens is 250 g/mol. The smallest absolute Gasteiger partial charge is 0.253 e. The van der Waals surface area contributed by atoms with E-state index < -0.39 is 0 Å². The molecule has 1 heterocycles. The van der Waals surface area contributed by atoms with Crippen LogP contribution in [0.4, 0.5) is 0 Å². The minimum absolute atomic E-state index is 0.0867. The number of piperidine rings is 1. The molecule has 1 amide bonds. The number of amides is 1. The summed E-state index contributed by atoms with van der Waals surface area (Å²) in [5.41, 5.74) is 2.09. The van der Waals surface area contributed by atoms with Gasteiger partial charge in [-0.1, -0.05) is 32.9 Å². The topological polar surface area (TPSA) is 40.5 Å². The molecule has 1 aliphatic heterocycles. The minimum atomic E-state index is 0.0867. The first-order valence-corrected chi connectivity index (χ1v) is 7.42. The molecule has 1 N–H and O–H groups in total. The van der Waals surface area contributed by atoms with Crippen LogP contribution in [0.1, 0.15) is 49.5 Å². The number of benzene rings is 1. The molecule has 1 saturated heterocycles. The van der Waals surface area contributed by atoms with Crippen molar-refractivity contribution in [3.8, 4) is 0 Å². The fourth-order valence-electron chi connectivity index (χ4n) is 2.69. The molecule has 0 radical (unpaired) electrons. The van der Waals surface area contributed by atoms with Gasteiger partial charge in [0.1, 0.15) is 0 Å². The summed E-state index contributed by atoms with van der Waals surface area (Å²) in [6, 6.07) is 7.93. The summed E-state index contributed by atoms with van der Waals surface area (Å²) >= 11 is 0. The van der Waals surface area contributed by atoms with E-state index in [2.05, 4.69) is 20.8 Å². The second kappa shape index (κ2) is 5.96. The van der Waals surface area contributed by atoms with Crippen molar-refractivity contribution < 1.29 is 9.90 Å². The fraction of sp³-hybridized carbons (Fsp3) is 0.588. The minimum Gasteiger partial charge on any atom is -0.396 e. The van der Waals surface area contributed by atoms with Crippen LogP contribution in [-0.4, -0.2) is 35.6 Å². The van der Waals surface area contributed by atoms with Crippen molar-refractivity contribution in [2.24, 2.45) is 5.92 Å². The third kappa shape index (κ3) is 3.40. The van der Waals surface area contributed by atoms with Crippen molar-refractivity contribution in [2.45, 2.75) is 39.0 Å². The SMILES string of the molecule is CC(C)(C)c1ccc(C(=O)N2CCCC(CO)C2)cc1. The van der Waals surface area contributed by atoms with Gasteiger partial charge < -0.3 is 10.0 Å². The first-order chi connectivity index (χ1) is 9.41. The highest BCUT2D eigenvalue weighted by atomic mass is 16.3. The number of hydrogen-bond acceptors (Lipinski definition) is 2. The molecule has 20 heavy (non-hydrogen) atoms. The molecule has 1 fully saturated rings. The van der Waals surface area contributed by atoms with Crippen molar-refractivity contribution >= 4 is 5.91 Å². The molecule has 1 aromatic carbocycles. The molecule has 0 spiro atoms. The highest BCUT2D eigenvalue weighted by Crippen LogP contribution is 2.23. The Labute approximate surface area is 121 Å². The maximum atomic E-state index is 12.5.